The zero-order valence-electron chi connectivity index (χ0n) is 7.92. The Morgan fingerprint density at radius 1 is 1.43 bits per heavy atom. The summed E-state index contributed by atoms with van der Waals surface area (Å²) in [6, 6.07) is 7.59. The van der Waals surface area contributed by atoms with Crippen LogP contribution in [-0.4, -0.2) is 24.0 Å². The number of benzene rings is 1. The second kappa shape index (κ2) is 6.09. The molecule has 0 saturated heterocycles. The largest absolute Gasteiger partial charge is 0.351 e. The van der Waals surface area contributed by atoms with Gasteiger partial charge in [0.1, 0.15) is 0 Å². The van der Waals surface area contributed by atoms with E-state index in [1.165, 1.54) is 4.90 Å². The lowest BCUT2D eigenvalue weighted by Gasteiger charge is -2.03. The highest BCUT2D eigenvalue weighted by Gasteiger charge is 2.03. The van der Waals surface area contributed by atoms with Gasteiger partial charge in [0.05, 0.1) is 0 Å². The Bertz CT molecular complexity index is 299. The Hall–Kier alpha value is -0.480. The third kappa shape index (κ3) is 3.35. The minimum atomic E-state index is -0.0166. The van der Waals surface area contributed by atoms with Crippen molar-refractivity contribution in [3.8, 4) is 0 Å². The van der Waals surface area contributed by atoms with Crippen LogP contribution in [0.1, 0.15) is 10.4 Å². The van der Waals surface area contributed by atoms with Crippen LogP contribution in [0, 0.1) is 0 Å². The van der Waals surface area contributed by atoms with Gasteiger partial charge in [-0.15, -0.1) is 11.8 Å². The smallest absolute Gasteiger partial charge is 0.251 e. The second-order valence-corrected chi connectivity index (χ2v) is 4.35. The highest BCUT2D eigenvalue weighted by atomic mass is 79.9. The van der Waals surface area contributed by atoms with Gasteiger partial charge in [-0.05, 0) is 30.5 Å². The van der Waals surface area contributed by atoms with Crippen molar-refractivity contribution >= 4 is 33.6 Å². The molecule has 0 fully saturated rings. The van der Waals surface area contributed by atoms with E-state index in [1.54, 1.807) is 11.8 Å². The molecule has 1 amide bonds. The predicted octanol–water partition coefficient (Wildman–Crippen LogP) is 2.53. The molecule has 14 heavy (non-hydrogen) atoms. The number of halogens is 1. The monoisotopic (exact) mass is 273 g/mol. The molecule has 76 valence electrons. The standard InChI is InChI=1S/C10H12BrNOS/c1-14-9-4-2-8(3-5-9)10(13)12-7-6-11/h2-5H,6-7H2,1H3,(H,12,13). The summed E-state index contributed by atoms with van der Waals surface area (Å²) in [6.45, 7) is 0.656. The van der Waals surface area contributed by atoms with Crippen LogP contribution in [0.5, 0.6) is 0 Å². The summed E-state index contributed by atoms with van der Waals surface area (Å²) < 4.78 is 0. The fourth-order valence-electron chi connectivity index (χ4n) is 1.01. The number of carbonyl (C=O) groups is 1. The van der Waals surface area contributed by atoms with Crippen LogP contribution in [0.25, 0.3) is 0 Å². The highest BCUT2D eigenvalue weighted by Crippen LogP contribution is 2.14. The topological polar surface area (TPSA) is 29.1 Å². The molecule has 0 saturated carbocycles. The summed E-state index contributed by atoms with van der Waals surface area (Å²) in [5, 5.41) is 3.57. The van der Waals surface area contributed by atoms with Gasteiger partial charge < -0.3 is 5.32 Å². The molecule has 1 N–H and O–H groups in total. The minimum absolute atomic E-state index is 0.0166. The molecule has 0 radical (unpaired) electrons. The molecule has 0 bridgehead atoms. The Balaban J connectivity index is 2.62. The second-order valence-electron chi connectivity index (χ2n) is 2.67. The van der Waals surface area contributed by atoms with Gasteiger partial charge in [0.15, 0.2) is 0 Å². The maximum absolute atomic E-state index is 11.5. The SMILES string of the molecule is CSc1ccc(C(=O)NCCBr)cc1. The molecule has 1 rings (SSSR count). The van der Waals surface area contributed by atoms with Crippen LogP contribution in [0.2, 0.25) is 0 Å². The summed E-state index contributed by atoms with van der Waals surface area (Å²) in [5.41, 5.74) is 0.712. The van der Waals surface area contributed by atoms with Gasteiger partial charge in [0, 0.05) is 22.3 Å². The number of hydrogen-bond donors (Lipinski definition) is 1. The highest BCUT2D eigenvalue weighted by molar-refractivity contribution is 9.09. The van der Waals surface area contributed by atoms with Crippen LogP contribution in [0.3, 0.4) is 0 Å². The predicted molar refractivity (Wildman–Crippen MR) is 64.4 cm³/mol. The molecule has 0 heterocycles. The number of thioether (sulfide) groups is 1. The van der Waals surface area contributed by atoms with E-state index in [-0.39, 0.29) is 5.91 Å². The normalized spacial score (nSPS) is 9.86. The van der Waals surface area contributed by atoms with Crippen molar-refractivity contribution in [2.75, 3.05) is 18.1 Å². The summed E-state index contributed by atoms with van der Waals surface area (Å²) in [5.74, 6) is -0.0166. The number of rotatable bonds is 4. The minimum Gasteiger partial charge on any atom is -0.351 e. The summed E-state index contributed by atoms with van der Waals surface area (Å²) in [4.78, 5) is 12.6. The first-order chi connectivity index (χ1) is 6.77. The van der Waals surface area contributed by atoms with Crippen molar-refractivity contribution < 1.29 is 4.79 Å². The molecule has 0 aliphatic heterocycles. The van der Waals surface area contributed by atoms with E-state index in [1.807, 2.05) is 30.5 Å². The van der Waals surface area contributed by atoms with Gasteiger partial charge >= 0.3 is 0 Å². The quantitative estimate of drug-likeness (QED) is 0.675. The van der Waals surface area contributed by atoms with Crippen LogP contribution in [0.4, 0.5) is 0 Å². The van der Waals surface area contributed by atoms with Gasteiger partial charge in [0.25, 0.3) is 5.91 Å². The molecule has 0 aliphatic carbocycles. The van der Waals surface area contributed by atoms with Crippen LogP contribution >= 0.6 is 27.7 Å². The number of alkyl halides is 1. The molecule has 0 spiro atoms. The maximum atomic E-state index is 11.5. The van der Waals surface area contributed by atoms with E-state index in [0.29, 0.717) is 12.1 Å². The van der Waals surface area contributed by atoms with Crippen molar-refractivity contribution in [2.24, 2.45) is 0 Å². The fourth-order valence-corrected chi connectivity index (χ4v) is 1.61. The zero-order chi connectivity index (χ0) is 10.4. The van der Waals surface area contributed by atoms with E-state index in [0.717, 1.165) is 5.33 Å². The number of amides is 1. The first-order valence-corrected chi connectivity index (χ1v) is 6.60. The Labute approximate surface area is 96.6 Å². The Morgan fingerprint density at radius 3 is 2.57 bits per heavy atom. The number of hydrogen-bond acceptors (Lipinski definition) is 2. The zero-order valence-corrected chi connectivity index (χ0v) is 10.3. The molecular formula is C10H12BrNOS. The molecule has 0 aromatic heterocycles. The maximum Gasteiger partial charge on any atom is 0.251 e. The molecular weight excluding hydrogens is 262 g/mol. The van der Waals surface area contributed by atoms with Crippen molar-refractivity contribution in [2.45, 2.75) is 4.90 Å². The lowest BCUT2D eigenvalue weighted by atomic mass is 10.2. The molecule has 0 unspecified atom stereocenters. The Morgan fingerprint density at radius 2 is 2.07 bits per heavy atom. The van der Waals surface area contributed by atoms with Gasteiger partial charge in [0.2, 0.25) is 0 Å². The van der Waals surface area contributed by atoms with Crippen molar-refractivity contribution in [1.29, 1.82) is 0 Å². The van der Waals surface area contributed by atoms with E-state index >= 15 is 0 Å². The first-order valence-electron chi connectivity index (χ1n) is 4.26. The van der Waals surface area contributed by atoms with Crippen LogP contribution in [0.15, 0.2) is 29.2 Å². The van der Waals surface area contributed by atoms with Crippen LogP contribution in [-0.2, 0) is 0 Å². The molecule has 2 nitrogen and oxygen atoms in total. The van der Waals surface area contributed by atoms with Gasteiger partial charge in [-0.1, -0.05) is 15.9 Å². The van der Waals surface area contributed by atoms with Crippen LogP contribution < -0.4 is 5.32 Å². The average Bonchev–Trinajstić information content (AvgIpc) is 2.26. The number of nitrogens with one attached hydrogen (secondary N) is 1. The first kappa shape index (κ1) is 11.6. The van der Waals surface area contributed by atoms with Gasteiger partial charge in [-0.25, -0.2) is 0 Å². The molecule has 0 aliphatic rings. The van der Waals surface area contributed by atoms with E-state index in [9.17, 15) is 4.79 Å². The lowest BCUT2D eigenvalue weighted by molar-refractivity contribution is 0.0956. The van der Waals surface area contributed by atoms with E-state index in [2.05, 4.69) is 21.2 Å². The van der Waals surface area contributed by atoms with Gasteiger partial charge in [-0.2, -0.15) is 0 Å². The van der Waals surface area contributed by atoms with Crippen molar-refractivity contribution in [3.63, 3.8) is 0 Å². The van der Waals surface area contributed by atoms with E-state index < -0.39 is 0 Å². The summed E-state index contributed by atoms with van der Waals surface area (Å²) in [6.07, 6.45) is 2.01. The van der Waals surface area contributed by atoms with Crippen molar-refractivity contribution in [3.05, 3.63) is 29.8 Å². The summed E-state index contributed by atoms with van der Waals surface area (Å²) in [7, 11) is 0. The third-order valence-electron chi connectivity index (χ3n) is 1.73. The molecule has 1 aromatic carbocycles. The third-order valence-corrected chi connectivity index (χ3v) is 2.87. The summed E-state index contributed by atoms with van der Waals surface area (Å²) >= 11 is 4.92. The lowest BCUT2D eigenvalue weighted by Crippen LogP contribution is -2.24. The molecule has 4 heteroatoms. The van der Waals surface area contributed by atoms with E-state index in [4.69, 9.17) is 0 Å². The van der Waals surface area contributed by atoms with Crippen molar-refractivity contribution in [1.82, 2.24) is 5.32 Å². The molecule has 0 atom stereocenters. The van der Waals surface area contributed by atoms with Gasteiger partial charge in [-0.3, -0.25) is 4.79 Å². The Kier molecular flexibility index (Phi) is 5.04. The average molecular weight is 274 g/mol. The number of carbonyl (C=O) groups excluding carboxylic acids is 1. The fraction of sp³-hybridized carbons (Fsp3) is 0.300. The molecule has 1 aromatic rings.